The van der Waals surface area contributed by atoms with Crippen molar-refractivity contribution < 1.29 is 9.90 Å². The average molecular weight is 243 g/mol. The monoisotopic (exact) mass is 243 g/mol. The van der Waals surface area contributed by atoms with Crippen molar-refractivity contribution in [3.8, 4) is 5.69 Å². The molecule has 0 radical (unpaired) electrons. The minimum atomic E-state index is -0.965. The van der Waals surface area contributed by atoms with Gasteiger partial charge in [-0.15, -0.1) is 0 Å². The largest absolute Gasteiger partial charge is 0.478 e. The highest BCUT2D eigenvalue weighted by Gasteiger charge is 2.07. The van der Waals surface area contributed by atoms with Gasteiger partial charge in [0.05, 0.1) is 5.56 Å². The molecule has 0 amide bonds. The predicted molar refractivity (Wildman–Crippen MR) is 68.5 cm³/mol. The first-order valence-electron chi connectivity index (χ1n) is 5.53. The van der Waals surface area contributed by atoms with Gasteiger partial charge in [-0.25, -0.2) is 4.79 Å². The number of pyridine rings is 1. The van der Waals surface area contributed by atoms with Gasteiger partial charge in [-0.3, -0.25) is 4.79 Å². The van der Waals surface area contributed by atoms with Gasteiger partial charge in [-0.05, 0) is 32.0 Å². The molecular weight excluding hydrogens is 230 g/mol. The minimum absolute atomic E-state index is 0.0457. The molecule has 0 saturated carbocycles. The van der Waals surface area contributed by atoms with Crippen LogP contribution in [0.1, 0.15) is 21.7 Å². The maximum absolute atomic E-state index is 11.4. The molecule has 0 bridgehead atoms. The van der Waals surface area contributed by atoms with Crippen molar-refractivity contribution in [1.29, 1.82) is 0 Å². The van der Waals surface area contributed by atoms with Crippen molar-refractivity contribution in [2.75, 3.05) is 0 Å². The maximum atomic E-state index is 11.4. The number of aryl methyl sites for hydroxylation is 2. The maximum Gasteiger partial charge on any atom is 0.335 e. The van der Waals surface area contributed by atoms with E-state index in [1.54, 1.807) is 18.2 Å². The summed E-state index contributed by atoms with van der Waals surface area (Å²) in [6, 6.07) is 9.69. The molecule has 1 aromatic heterocycles. The SMILES string of the molecule is Cc1cc(=O)cc(C)n1-c1cccc(C(=O)O)c1. The van der Waals surface area contributed by atoms with E-state index in [0.717, 1.165) is 17.1 Å². The second-order valence-electron chi connectivity index (χ2n) is 4.16. The van der Waals surface area contributed by atoms with Gasteiger partial charge in [-0.2, -0.15) is 0 Å². The fraction of sp³-hybridized carbons (Fsp3) is 0.143. The zero-order chi connectivity index (χ0) is 13.3. The lowest BCUT2D eigenvalue weighted by atomic mass is 10.2. The summed E-state index contributed by atoms with van der Waals surface area (Å²) in [6.45, 7) is 3.64. The number of hydrogen-bond donors (Lipinski definition) is 1. The number of carboxylic acids is 1. The Morgan fingerprint density at radius 2 is 1.72 bits per heavy atom. The zero-order valence-electron chi connectivity index (χ0n) is 10.2. The van der Waals surface area contributed by atoms with E-state index in [2.05, 4.69) is 0 Å². The predicted octanol–water partition coefficient (Wildman–Crippen LogP) is 2.15. The van der Waals surface area contributed by atoms with E-state index in [-0.39, 0.29) is 11.0 Å². The smallest absolute Gasteiger partial charge is 0.335 e. The summed E-state index contributed by atoms with van der Waals surface area (Å²) >= 11 is 0. The van der Waals surface area contributed by atoms with Crippen molar-refractivity contribution in [2.45, 2.75) is 13.8 Å². The van der Waals surface area contributed by atoms with E-state index in [1.165, 1.54) is 12.1 Å². The molecule has 0 unspecified atom stereocenters. The lowest BCUT2D eigenvalue weighted by molar-refractivity contribution is 0.0697. The molecule has 4 heteroatoms. The molecule has 2 aromatic rings. The Labute approximate surface area is 104 Å². The van der Waals surface area contributed by atoms with Crippen LogP contribution < -0.4 is 5.43 Å². The van der Waals surface area contributed by atoms with Gasteiger partial charge in [0.25, 0.3) is 0 Å². The van der Waals surface area contributed by atoms with Crippen molar-refractivity contribution in [1.82, 2.24) is 4.57 Å². The van der Waals surface area contributed by atoms with Gasteiger partial charge in [-0.1, -0.05) is 6.07 Å². The van der Waals surface area contributed by atoms with Gasteiger partial charge >= 0.3 is 5.97 Å². The van der Waals surface area contributed by atoms with Gasteiger partial charge in [0.1, 0.15) is 0 Å². The summed E-state index contributed by atoms with van der Waals surface area (Å²) in [4.78, 5) is 22.3. The Morgan fingerprint density at radius 1 is 1.11 bits per heavy atom. The third-order valence-corrected chi connectivity index (χ3v) is 2.76. The summed E-state index contributed by atoms with van der Waals surface area (Å²) < 4.78 is 1.86. The van der Waals surface area contributed by atoms with Crippen molar-refractivity contribution in [3.05, 3.63) is 63.6 Å². The summed E-state index contributed by atoms with van der Waals surface area (Å²) in [7, 11) is 0. The first-order valence-corrected chi connectivity index (χ1v) is 5.53. The summed E-state index contributed by atoms with van der Waals surface area (Å²) in [5.41, 5.74) is 2.48. The number of nitrogens with zero attached hydrogens (tertiary/aromatic N) is 1. The van der Waals surface area contributed by atoms with Crippen LogP contribution in [-0.2, 0) is 0 Å². The van der Waals surface area contributed by atoms with Crippen LogP contribution in [0.5, 0.6) is 0 Å². The number of carboxylic acid groups (broad SMARTS) is 1. The fourth-order valence-electron chi connectivity index (χ4n) is 2.05. The Kier molecular flexibility index (Phi) is 3.02. The van der Waals surface area contributed by atoms with Crippen LogP contribution in [0.25, 0.3) is 5.69 Å². The van der Waals surface area contributed by atoms with Crippen LogP contribution in [0.15, 0.2) is 41.2 Å². The number of aromatic nitrogens is 1. The Bertz CT molecular complexity index is 645. The molecule has 92 valence electrons. The number of hydrogen-bond acceptors (Lipinski definition) is 2. The molecule has 0 fully saturated rings. The Balaban J connectivity index is 2.66. The van der Waals surface area contributed by atoms with Crippen LogP contribution in [0.2, 0.25) is 0 Å². The number of carbonyl (C=O) groups is 1. The molecule has 18 heavy (non-hydrogen) atoms. The second-order valence-corrected chi connectivity index (χ2v) is 4.16. The van der Waals surface area contributed by atoms with E-state index in [0.29, 0.717) is 0 Å². The van der Waals surface area contributed by atoms with E-state index < -0.39 is 5.97 Å². The summed E-state index contributed by atoms with van der Waals surface area (Å²) in [5, 5.41) is 8.98. The van der Waals surface area contributed by atoms with E-state index in [9.17, 15) is 9.59 Å². The van der Waals surface area contributed by atoms with E-state index >= 15 is 0 Å². The van der Waals surface area contributed by atoms with E-state index in [4.69, 9.17) is 5.11 Å². The third kappa shape index (κ3) is 2.18. The molecule has 4 nitrogen and oxygen atoms in total. The zero-order valence-corrected chi connectivity index (χ0v) is 10.2. The van der Waals surface area contributed by atoms with Crippen LogP contribution >= 0.6 is 0 Å². The van der Waals surface area contributed by atoms with Gasteiger partial charge in [0.15, 0.2) is 5.43 Å². The van der Waals surface area contributed by atoms with Crippen molar-refractivity contribution in [3.63, 3.8) is 0 Å². The van der Waals surface area contributed by atoms with Gasteiger partial charge in [0.2, 0.25) is 0 Å². The Morgan fingerprint density at radius 3 is 2.28 bits per heavy atom. The molecule has 1 aromatic carbocycles. The van der Waals surface area contributed by atoms with E-state index in [1.807, 2.05) is 24.5 Å². The third-order valence-electron chi connectivity index (χ3n) is 2.76. The van der Waals surface area contributed by atoms with Gasteiger partial charge in [0, 0.05) is 29.2 Å². The van der Waals surface area contributed by atoms with Crippen molar-refractivity contribution in [2.24, 2.45) is 0 Å². The lowest BCUT2D eigenvalue weighted by Gasteiger charge is -2.14. The molecule has 2 rings (SSSR count). The summed E-state index contributed by atoms with van der Waals surface area (Å²) in [5.74, 6) is -0.965. The highest BCUT2D eigenvalue weighted by molar-refractivity contribution is 5.88. The number of aromatic carboxylic acids is 1. The van der Waals surface area contributed by atoms with Crippen LogP contribution in [-0.4, -0.2) is 15.6 Å². The van der Waals surface area contributed by atoms with Crippen LogP contribution in [0, 0.1) is 13.8 Å². The molecule has 0 spiro atoms. The Hall–Kier alpha value is -2.36. The average Bonchev–Trinajstić information content (AvgIpc) is 2.28. The molecule has 0 aliphatic rings. The minimum Gasteiger partial charge on any atom is -0.478 e. The number of rotatable bonds is 2. The second kappa shape index (κ2) is 4.49. The van der Waals surface area contributed by atoms with Crippen LogP contribution in [0.3, 0.4) is 0 Å². The van der Waals surface area contributed by atoms with Gasteiger partial charge < -0.3 is 9.67 Å². The highest BCUT2D eigenvalue weighted by atomic mass is 16.4. The normalized spacial score (nSPS) is 10.3. The molecular formula is C14H13NO3. The molecule has 1 N–H and O–H groups in total. The molecule has 0 saturated heterocycles. The molecule has 1 heterocycles. The quantitative estimate of drug-likeness (QED) is 0.879. The lowest BCUT2D eigenvalue weighted by Crippen LogP contribution is -2.11. The molecule has 0 aliphatic carbocycles. The van der Waals surface area contributed by atoms with Crippen molar-refractivity contribution >= 4 is 5.97 Å². The molecule has 0 aliphatic heterocycles. The summed E-state index contributed by atoms with van der Waals surface area (Å²) in [6.07, 6.45) is 0. The molecule has 0 atom stereocenters. The fourth-order valence-corrected chi connectivity index (χ4v) is 2.05. The first kappa shape index (κ1) is 12.1. The highest BCUT2D eigenvalue weighted by Crippen LogP contribution is 2.15. The topological polar surface area (TPSA) is 59.3 Å². The first-order chi connectivity index (χ1) is 8.49. The standard InChI is InChI=1S/C14H13NO3/c1-9-6-13(16)7-10(2)15(9)12-5-3-4-11(8-12)14(17)18/h3-8H,1-2H3,(H,17,18). The number of benzene rings is 1. The van der Waals surface area contributed by atoms with Crippen LogP contribution in [0.4, 0.5) is 0 Å².